The maximum absolute atomic E-state index is 13.8. The van der Waals surface area contributed by atoms with Crippen LogP contribution in [0.5, 0.6) is 0 Å². The van der Waals surface area contributed by atoms with Crippen LogP contribution in [0, 0.1) is 0 Å². The number of morpholine rings is 1. The van der Waals surface area contributed by atoms with Crippen molar-refractivity contribution in [2.45, 2.75) is 13.0 Å². The Morgan fingerprint density at radius 2 is 2.03 bits per heavy atom. The molecule has 4 heterocycles. The van der Waals surface area contributed by atoms with Gasteiger partial charge in [0.25, 0.3) is 0 Å². The van der Waals surface area contributed by atoms with Crippen LogP contribution in [-0.4, -0.2) is 92.3 Å². The van der Waals surface area contributed by atoms with Gasteiger partial charge in [-0.05, 0) is 37.3 Å². The zero-order chi connectivity index (χ0) is 25.1. The van der Waals surface area contributed by atoms with E-state index in [0.717, 1.165) is 35.5 Å². The van der Waals surface area contributed by atoms with E-state index in [1.165, 1.54) is 0 Å². The number of fused-ring (bicyclic) bond motifs is 1. The fourth-order valence-corrected chi connectivity index (χ4v) is 4.81. The number of aromatic nitrogens is 2. The van der Waals surface area contributed by atoms with Crippen molar-refractivity contribution >= 4 is 39.9 Å². The molecule has 3 aromatic rings. The highest BCUT2D eigenvalue weighted by atomic mass is 16.5. The first kappa shape index (κ1) is 24.1. The fraction of sp³-hybridized carbons (Fsp3) is 0.423. The van der Waals surface area contributed by atoms with Gasteiger partial charge in [-0.2, -0.15) is 0 Å². The Kier molecular flexibility index (Phi) is 7.06. The average molecular weight is 492 g/mol. The maximum Gasteiger partial charge on any atom is 0.322 e. The number of aromatic amines is 1. The number of urea groups is 1. The SMILES string of the molecule is CCN(C)c1cccnc1N1CCNCC1C(=O)c1cc2c(NC(=O)N3CCOCC3)cccc2[nH]1. The number of carbonyl (C=O) groups is 2. The molecular weight excluding hydrogens is 458 g/mol. The molecule has 0 bridgehead atoms. The molecule has 1 unspecified atom stereocenters. The summed E-state index contributed by atoms with van der Waals surface area (Å²) in [6, 6.07) is 10.9. The van der Waals surface area contributed by atoms with Gasteiger partial charge in [-0.15, -0.1) is 0 Å². The standard InChI is InChI=1S/C26H33N7O3/c1-3-31(2)22-8-5-9-28-25(22)33-11-10-27-17-23(33)24(34)21-16-18-19(29-21)6-4-7-20(18)30-26(35)32-12-14-36-15-13-32/h4-9,16,23,27,29H,3,10-15,17H2,1-2H3,(H,30,35). The summed E-state index contributed by atoms with van der Waals surface area (Å²) in [5, 5.41) is 7.18. The minimum Gasteiger partial charge on any atom is -0.378 e. The van der Waals surface area contributed by atoms with Gasteiger partial charge in [0.2, 0.25) is 5.78 Å². The van der Waals surface area contributed by atoms with E-state index in [0.29, 0.717) is 50.8 Å². The Balaban J connectivity index is 1.42. The number of pyridine rings is 1. The second kappa shape index (κ2) is 10.5. The number of anilines is 3. The summed E-state index contributed by atoms with van der Waals surface area (Å²) in [5.74, 6) is 0.802. The number of hydrogen-bond acceptors (Lipinski definition) is 7. The molecular formula is C26H33N7O3. The van der Waals surface area contributed by atoms with Crippen molar-refractivity contribution in [2.24, 2.45) is 0 Å². The zero-order valence-electron chi connectivity index (χ0n) is 20.8. The summed E-state index contributed by atoms with van der Waals surface area (Å²) in [7, 11) is 2.03. The number of nitrogens with one attached hydrogen (secondary N) is 3. The van der Waals surface area contributed by atoms with Crippen molar-refractivity contribution in [3.8, 4) is 0 Å². The van der Waals surface area contributed by atoms with Gasteiger partial charge in [0.15, 0.2) is 5.82 Å². The number of amides is 2. The van der Waals surface area contributed by atoms with Crippen LogP contribution < -0.4 is 20.4 Å². The van der Waals surface area contributed by atoms with Crippen LogP contribution in [0.25, 0.3) is 10.9 Å². The maximum atomic E-state index is 13.8. The number of carbonyl (C=O) groups excluding carboxylic acids is 2. The Morgan fingerprint density at radius 3 is 2.83 bits per heavy atom. The minimum atomic E-state index is -0.405. The van der Waals surface area contributed by atoms with E-state index in [4.69, 9.17) is 4.74 Å². The second-order valence-corrected chi connectivity index (χ2v) is 9.12. The normalized spacial score (nSPS) is 18.3. The highest BCUT2D eigenvalue weighted by Gasteiger charge is 2.33. The van der Waals surface area contributed by atoms with Crippen LogP contribution in [0.4, 0.5) is 22.0 Å². The lowest BCUT2D eigenvalue weighted by Gasteiger charge is -2.37. The number of ketones is 1. The third kappa shape index (κ3) is 4.74. The van der Waals surface area contributed by atoms with E-state index in [-0.39, 0.29) is 11.8 Å². The van der Waals surface area contributed by atoms with Crippen molar-refractivity contribution in [1.82, 2.24) is 20.2 Å². The van der Waals surface area contributed by atoms with Crippen LogP contribution in [0.2, 0.25) is 0 Å². The molecule has 2 aromatic heterocycles. The third-order valence-electron chi connectivity index (χ3n) is 6.94. The van der Waals surface area contributed by atoms with Crippen LogP contribution in [0.3, 0.4) is 0 Å². The summed E-state index contributed by atoms with van der Waals surface area (Å²) < 4.78 is 5.34. The smallest absolute Gasteiger partial charge is 0.322 e. The third-order valence-corrected chi connectivity index (χ3v) is 6.94. The quantitative estimate of drug-likeness (QED) is 0.455. The Labute approximate surface area is 210 Å². The van der Waals surface area contributed by atoms with Crippen LogP contribution in [-0.2, 0) is 4.74 Å². The number of hydrogen-bond donors (Lipinski definition) is 3. The lowest BCUT2D eigenvalue weighted by molar-refractivity contribution is 0.0565. The Bertz CT molecular complexity index is 1240. The summed E-state index contributed by atoms with van der Waals surface area (Å²) in [6.07, 6.45) is 1.78. The van der Waals surface area contributed by atoms with Gasteiger partial charge in [0.1, 0.15) is 6.04 Å². The molecule has 0 spiro atoms. The first-order valence-corrected chi connectivity index (χ1v) is 12.5. The molecule has 190 valence electrons. The minimum absolute atomic E-state index is 0.0142. The molecule has 0 saturated carbocycles. The highest BCUT2D eigenvalue weighted by molar-refractivity contribution is 6.08. The lowest BCUT2D eigenvalue weighted by Crippen LogP contribution is -2.55. The molecule has 10 nitrogen and oxygen atoms in total. The molecule has 0 radical (unpaired) electrons. The lowest BCUT2D eigenvalue weighted by atomic mass is 10.0. The van der Waals surface area contributed by atoms with Gasteiger partial charge in [0.05, 0.1) is 30.3 Å². The van der Waals surface area contributed by atoms with E-state index in [1.807, 2.05) is 43.4 Å². The topological polar surface area (TPSA) is 106 Å². The van der Waals surface area contributed by atoms with Crippen molar-refractivity contribution in [1.29, 1.82) is 0 Å². The summed E-state index contributed by atoms with van der Waals surface area (Å²) >= 11 is 0. The number of benzene rings is 1. The molecule has 3 N–H and O–H groups in total. The summed E-state index contributed by atoms with van der Waals surface area (Å²) in [6.45, 7) is 7.12. The Morgan fingerprint density at radius 1 is 1.19 bits per heavy atom. The number of nitrogens with zero attached hydrogens (tertiary/aromatic N) is 4. The van der Waals surface area contributed by atoms with Gasteiger partial charge in [-0.3, -0.25) is 4.79 Å². The van der Waals surface area contributed by atoms with Gasteiger partial charge < -0.3 is 35.1 Å². The van der Waals surface area contributed by atoms with E-state index in [9.17, 15) is 9.59 Å². The predicted molar refractivity (Wildman–Crippen MR) is 141 cm³/mol. The molecule has 2 aliphatic rings. The molecule has 10 heteroatoms. The van der Waals surface area contributed by atoms with Gasteiger partial charge >= 0.3 is 6.03 Å². The molecule has 2 saturated heterocycles. The second-order valence-electron chi connectivity index (χ2n) is 9.12. The molecule has 1 aromatic carbocycles. The molecule has 0 aliphatic carbocycles. The number of H-pyrrole nitrogens is 1. The number of rotatable bonds is 6. The van der Waals surface area contributed by atoms with Crippen LogP contribution in [0.15, 0.2) is 42.6 Å². The van der Waals surface area contributed by atoms with Crippen molar-refractivity contribution in [3.05, 3.63) is 48.3 Å². The van der Waals surface area contributed by atoms with E-state index in [1.54, 1.807) is 11.1 Å². The van der Waals surface area contributed by atoms with Crippen LogP contribution >= 0.6 is 0 Å². The largest absolute Gasteiger partial charge is 0.378 e. The predicted octanol–water partition coefficient (Wildman–Crippen LogP) is 2.54. The number of Topliss-reactive ketones (excluding diaryl/α,β-unsaturated/α-hetero) is 1. The molecule has 2 aliphatic heterocycles. The van der Waals surface area contributed by atoms with Gasteiger partial charge in [0, 0.05) is 63.4 Å². The number of piperazine rings is 1. The monoisotopic (exact) mass is 491 g/mol. The van der Waals surface area contributed by atoms with E-state index >= 15 is 0 Å². The van der Waals surface area contributed by atoms with Gasteiger partial charge in [-0.25, -0.2) is 9.78 Å². The first-order valence-electron chi connectivity index (χ1n) is 12.5. The molecule has 36 heavy (non-hydrogen) atoms. The molecule has 5 rings (SSSR count). The van der Waals surface area contributed by atoms with Crippen molar-refractivity contribution in [3.63, 3.8) is 0 Å². The highest BCUT2D eigenvalue weighted by Crippen LogP contribution is 2.30. The fourth-order valence-electron chi connectivity index (χ4n) is 4.81. The Hall–Kier alpha value is -3.63. The average Bonchev–Trinajstić information content (AvgIpc) is 3.38. The van der Waals surface area contributed by atoms with E-state index < -0.39 is 6.04 Å². The van der Waals surface area contributed by atoms with Crippen molar-refractivity contribution in [2.75, 3.05) is 74.6 Å². The first-order chi connectivity index (χ1) is 17.6. The van der Waals surface area contributed by atoms with E-state index in [2.05, 4.69) is 37.3 Å². The summed E-state index contributed by atoms with van der Waals surface area (Å²) in [4.78, 5) is 40.5. The molecule has 1 atom stereocenters. The zero-order valence-corrected chi connectivity index (χ0v) is 20.8. The number of ether oxygens (including phenoxy) is 1. The van der Waals surface area contributed by atoms with Gasteiger partial charge in [-0.1, -0.05) is 6.07 Å². The molecule has 2 fully saturated rings. The molecule has 2 amide bonds. The summed E-state index contributed by atoms with van der Waals surface area (Å²) in [5.41, 5.74) is 3.00. The van der Waals surface area contributed by atoms with Crippen molar-refractivity contribution < 1.29 is 14.3 Å². The van der Waals surface area contributed by atoms with Crippen LogP contribution in [0.1, 0.15) is 17.4 Å².